The molecule has 0 saturated heterocycles. The van der Waals surface area contributed by atoms with Gasteiger partial charge in [-0.3, -0.25) is 14.9 Å². The monoisotopic (exact) mass is 536 g/mol. The average molecular weight is 537 g/mol. The zero-order valence-electron chi connectivity index (χ0n) is 22.7. The molecule has 40 heavy (non-hydrogen) atoms. The van der Waals surface area contributed by atoms with Crippen LogP contribution in [0.3, 0.4) is 0 Å². The van der Waals surface area contributed by atoms with E-state index in [0.717, 1.165) is 41.1 Å². The number of ether oxygens (including phenoxy) is 2. The van der Waals surface area contributed by atoms with E-state index in [1.165, 1.54) is 11.1 Å². The number of esters is 1. The van der Waals surface area contributed by atoms with Crippen molar-refractivity contribution in [2.45, 2.75) is 31.7 Å². The largest absolute Gasteiger partial charge is 0.497 e. The predicted molar refractivity (Wildman–Crippen MR) is 155 cm³/mol. The molecule has 0 bridgehead atoms. The Morgan fingerprint density at radius 1 is 0.925 bits per heavy atom. The Hall–Kier alpha value is -4.65. The standard InChI is InChI=1S/C33H32N2O5/c1-3-40-33(36)32(23-8-5-4-6-9-23)31(24-12-18-28(39-2)19-13-24)30-11-7-10-25-22-34(21-20-29(25)30)26-14-16-27(17-15-26)35(37)38/h4-19,31-32H,3,20-22H2,1-2H3. The molecular weight excluding hydrogens is 504 g/mol. The van der Waals surface area contributed by atoms with Crippen molar-refractivity contribution in [2.75, 3.05) is 25.2 Å². The molecule has 0 N–H and O–H groups in total. The van der Waals surface area contributed by atoms with Gasteiger partial charge in [-0.1, -0.05) is 60.7 Å². The normalized spacial score (nSPS) is 14.1. The summed E-state index contributed by atoms with van der Waals surface area (Å²) >= 11 is 0. The molecule has 0 amide bonds. The zero-order valence-corrected chi connectivity index (χ0v) is 22.7. The third-order valence-corrected chi connectivity index (χ3v) is 7.57. The van der Waals surface area contributed by atoms with Crippen molar-refractivity contribution >= 4 is 17.3 Å². The lowest BCUT2D eigenvalue weighted by Crippen LogP contribution is -2.32. The Morgan fingerprint density at radius 2 is 1.65 bits per heavy atom. The molecular formula is C33H32N2O5. The number of benzene rings is 4. The van der Waals surface area contributed by atoms with Crippen LogP contribution in [0.15, 0.2) is 97.1 Å². The number of nitro benzene ring substituents is 1. The SMILES string of the molecule is CCOC(=O)C(c1ccccc1)C(c1ccc(OC)cc1)c1cccc2c1CCN(c1ccc([N+](=O)[O-])cc1)C2. The van der Waals surface area contributed by atoms with Gasteiger partial charge in [0.15, 0.2) is 0 Å². The highest BCUT2D eigenvalue weighted by Crippen LogP contribution is 2.43. The van der Waals surface area contributed by atoms with Crippen molar-refractivity contribution in [1.29, 1.82) is 0 Å². The lowest BCUT2D eigenvalue weighted by atomic mass is 9.74. The molecule has 2 unspecified atom stereocenters. The predicted octanol–water partition coefficient (Wildman–Crippen LogP) is 6.64. The van der Waals surface area contributed by atoms with Gasteiger partial charge in [-0.05, 0) is 65.4 Å². The van der Waals surface area contributed by atoms with E-state index in [4.69, 9.17) is 9.47 Å². The highest BCUT2D eigenvalue weighted by atomic mass is 16.6. The van der Waals surface area contributed by atoms with Crippen molar-refractivity contribution in [1.82, 2.24) is 0 Å². The van der Waals surface area contributed by atoms with Gasteiger partial charge in [-0.25, -0.2) is 0 Å². The fraction of sp³-hybridized carbons (Fsp3) is 0.242. The van der Waals surface area contributed by atoms with Gasteiger partial charge in [0.05, 0.1) is 24.6 Å². The molecule has 1 aliphatic heterocycles. The molecule has 5 rings (SSSR count). The molecule has 0 aromatic heterocycles. The number of carbonyl (C=O) groups is 1. The van der Waals surface area contributed by atoms with E-state index in [2.05, 4.69) is 23.1 Å². The minimum absolute atomic E-state index is 0.0803. The summed E-state index contributed by atoms with van der Waals surface area (Å²) in [4.78, 5) is 26.6. The van der Waals surface area contributed by atoms with Crippen LogP contribution in [-0.4, -0.2) is 31.2 Å². The first-order valence-corrected chi connectivity index (χ1v) is 13.5. The molecule has 2 atom stereocenters. The van der Waals surface area contributed by atoms with Crippen molar-refractivity contribution in [3.8, 4) is 5.75 Å². The number of hydrogen-bond acceptors (Lipinski definition) is 6. The van der Waals surface area contributed by atoms with Crippen LogP contribution in [0, 0.1) is 10.1 Å². The molecule has 1 aliphatic rings. The third-order valence-electron chi connectivity index (χ3n) is 7.57. The van der Waals surface area contributed by atoms with Crippen LogP contribution in [-0.2, 0) is 22.5 Å². The van der Waals surface area contributed by atoms with Crippen LogP contribution in [0.4, 0.5) is 11.4 Å². The topological polar surface area (TPSA) is 81.9 Å². The summed E-state index contributed by atoms with van der Waals surface area (Å²) in [5.74, 6) is -0.304. The Morgan fingerprint density at radius 3 is 2.30 bits per heavy atom. The number of anilines is 1. The lowest BCUT2D eigenvalue weighted by molar-refractivity contribution is -0.384. The number of rotatable bonds is 9. The fourth-order valence-electron chi connectivity index (χ4n) is 5.66. The first kappa shape index (κ1) is 26.9. The number of nitro groups is 1. The molecule has 0 spiro atoms. The minimum atomic E-state index is -0.534. The molecule has 4 aromatic carbocycles. The maximum Gasteiger partial charge on any atom is 0.314 e. The molecule has 4 aromatic rings. The van der Waals surface area contributed by atoms with Gasteiger partial charge >= 0.3 is 5.97 Å². The van der Waals surface area contributed by atoms with Gasteiger partial charge in [0.2, 0.25) is 0 Å². The number of non-ortho nitro benzene ring substituents is 1. The van der Waals surface area contributed by atoms with Crippen molar-refractivity contribution < 1.29 is 19.2 Å². The number of fused-ring (bicyclic) bond motifs is 1. The number of carbonyl (C=O) groups excluding carboxylic acids is 1. The minimum Gasteiger partial charge on any atom is -0.497 e. The highest BCUT2D eigenvalue weighted by Gasteiger charge is 2.36. The Bertz CT molecular complexity index is 1470. The summed E-state index contributed by atoms with van der Waals surface area (Å²) in [6.45, 7) is 3.56. The van der Waals surface area contributed by atoms with Gasteiger partial charge in [-0.2, -0.15) is 0 Å². The van der Waals surface area contributed by atoms with Crippen LogP contribution >= 0.6 is 0 Å². The van der Waals surface area contributed by atoms with Crippen LogP contribution in [0.5, 0.6) is 5.75 Å². The van der Waals surface area contributed by atoms with E-state index < -0.39 is 5.92 Å². The van der Waals surface area contributed by atoms with Crippen LogP contribution < -0.4 is 9.64 Å². The lowest BCUT2D eigenvalue weighted by Gasteiger charge is -2.35. The van der Waals surface area contributed by atoms with Crippen LogP contribution in [0.1, 0.15) is 46.6 Å². The van der Waals surface area contributed by atoms with Crippen molar-refractivity contribution in [3.05, 3.63) is 135 Å². The summed E-state index contributed by atoms with van der Waals surface area (Å²) in [5, 5.41) is 11.1. The first-order valence-electron chi connectivity index (χ1n) is 13.5. The van der Waals surface area contributed by atoms with E-state index in [-0.39, 0.29) is 22.5 Å². The molecule has 1 heterocycles. The summed E-state index contributed by atoms with van der Waals surface area (Å²) < 4.78 is 11.1. The van der Waals surface area contributed by atoms with Gasteiger partial charge in [0.25, 0.3) is 5.69 Å². The molecule has 0 fully saturated rings. The second-order valence-corrected chi connectivity index (χ2v) is 9.82. The van der Waals surface area contributed by atoms with E-state index in [1.54, 1.807) is 31.4 Å². The molecule has 0 aliphatic carbocycles. The van der Waals surface area contributed by atoms with E-state index in [9.17, 15) is 14.9 Å². The highest BCUT2D eigenvalue weighted by molar-refractivity contribution is 5.81. The molecule has 7 heteroatoms. The van der Waals surface area contributed by atoms with Gasteiger partial charge < -0.3 is 14.4 Å². The van der Waals surface area contributed by atoms with E-state index >= 15 is 0 Å². The number of nitrogens with zero attached hydrogens (tertiary/aromatic N) is 2. The van der Waals surface area contributed by atoms with Gasteiger partial charge in [0.1, 0.15) is 5.75 Å². The quantitative estimate of drug-likeness (QED) is 0.135. The zero-order chi connectivity index (χ0) is 28.1. The molecule has 0 saturated carbocycles. The Balaban J connectivity index is 1.58. The van der Waals surface area contributed by atoms with Crippen molar-refractivity contribution in [3.63, 3.8) is 0 Å². The average Bonchev–Trinajstić information content (AvgIpc) is 3.00. The number of methoxy groups -OCH3 is 1. The smallest absolute Gasteiger partial charge is 0.314 e. The molecule has 7 nitrogen and oxygen atoms in total. The maximum atomic E-state index is 13.6. The summed E-state index contributed by atoms with van der Waals surface area (Å²) in [5.41, 5.74) is 6.45. The molecule has 204 valence electrons. The summed E-state index contributed by atoms with van der Waals surface area (Å²) in [6, 6.07) is 30.8. The maximum absolute atomic E-state index is 13.6. The second-order valence-electron chi connectivity index (χ2n) is 9.82. The van der Waals surface area contributed by atoms with E-state index in [1.807, 2.05) is 61.5 Å². The Kier molecular flexibility index (Phi) is 8.10. The van der Waals surface area contributed by atoms with Crippen LogP contribution in [0.25, 0.3) is 0 Å². The van der Waals surface area contributed by atoms with Crippen molar-refractivity contribution in [2.24, 2.45) is 0 Å². The van der Waals surface area contributed by atoms with Gasteiger partial charge in [0, 0.05) is 36.8 Å². The summed E-state index contributed by atoms with van der Waals surface area (Å²) in [7, 11) is 1.64. The van der Waals surface area contributed by atoms with Crippen LogP contribution in [0.2, 0.25) is 0 Å². The summed E-state index contributed by atoms with van der Waals surface area (Å²) in [6.07, 6.45) is 0.777. The second kappa shape index (κ2) is 12.0. The fourth-order valence-corrected chi connectivity index (χ4v) is 5.66. The van der Waals surface area contributed by atoms with E-state index in [0.29, 0.717) is 13.2 Å². The Labute approximate surface area is 234 Å². The molecule has 0 radical (unpaired) electrons. The van der Waals surface area contributed by atoms with Gasteiger partial charge in [-0.15, -0.1) is 0 Å². The number of hydrogen-bond donors (Lipinski definition) is 0. The first-order chi connectivity index (χ1) is 19.5. The third kappa shape index (κ3) is 5.54.